The van der Waals surface area contributed by atoms with E-state index < -0.39 is 101 Å². The molecule has 3 aliphatic rings. The Kier molecular flexibility index (Phi) is 10.1. The predicted octanol–water partition coefficient (Wildman–Crippen LogP) is -0.563. The number of H-pyrrole nitrogens is 1. The van der Waals surface area contributed by atoms with Crippen molar-refractivity contribution in [2.75, 3.05) is 36.2 Å². The molecule has 23 heteroatoms. The van der Waals surface area contributed by atoms with Gasteiger partial charge in [0.2, 0.25) is 11.9 Å². The van der Waals surface area contributed by atoms with Crippen LogP contribution in [-0.2, 0) is 33.3 Å². The summed E-state index contributed by atoms with van der Waals surface area (Å²) in [6.07, 6.45) is -3.50. The molecule has 6 N–H and O–H groups in total. The van der Waals surface area contributed by atoms with Gasteiger partial charge in [0.05, 0.1) is 44.3 Å². The first-order valence-electron chi connectivity index (χ1n) is 17.9. The number of hydrogen-bond acceptors (Lipinski definition) is 17. The average Bonchev–Trinajstić information content (AvgIpc) is 4.02. The van der Waals surface area contributed by atoms with E-state index >= 15 is 0 Å². The van der Waals surface area contributed by atoms with Gasteiger partial charge in [0.1, 0.15) is 30.2 Å². The first-order chi connectivity index (χ1) is 27.3. The van der Waals surface area contributed by atoms with Crippen molar-refractivity contribution < 1.29 is 51.7 Å². The maximum absolute atomic E-state index is 13.6. The maximum Gasteiger partial charge on any atom is 0.280 e. The third-order valence-corrected chi connectivity index (χ3v) is 11.5. The van der Waals surface area contributed by atoms with E-state index in [4.69, 9.17) is 18.4 Å². The van der Waals surface area contributed by atoms with Gasteiger partial charge in [-0.2, -0.15) is 13.4 Å². The number of ether oxygens (including phenoxy) is 3. The number of rotatable bonds is 13. The van der Waals surface area contributed by atoms with Crippen LogP contribution in [-0.4, -0.2) is 130 Å². The number of fused-ring (bicyclic) bond motifs is 4. The summed E-state index contributed by atoms with van der Waals surface area (Å²) in [5.74, 6) is -2.87. The van der Waals surface area contributed by atoms with Crippen molar-refractivity contribution >= 4 is 56.0 Å². The minimum absolute atomic E-state index is 0.0268. The molecular weight excluding hydrogens is 772 g/mol. The number of nitrogens with one attached hydrogen (secondary N) is 3. The summed E-state index contributed by atoms with van der Waals surface area (Å²) in [6.45, 7) is 1.89. The first kappa shape index (κ1) is 38.6. The Labute approximate surface area is 322 Å². The lowest BCUT2D eigenvalue weighted by Gasteiger charge is -2.29. The zero-order valence-electron chi connectivity index (χ0n) is 30.3. The van der Waals surface area contributed by atoms with E-state index in [0.29, 0.717) is 5.56 Å². The molecule has 3 fully saturated rings. The number of imidazole rings is 2. The smallest absolute Gasteiger partial charge is 0.280 e. The number of nitrogens with zero attached hydrogens (tertiary/aromatic N) is 7. The standard InChI is InChI=1S/C34H38N10O12S/c1-16(2)28(48)41-33-40-27-21(30(50)42-33)38-15-44(27)31-22(47)18(10-45)19(54-31)8-9-57(51,52)56-24-23-32(55-34(24,11-46)12-53-23)43-14-37-20-25(35-13-36-26(20)43)39-29(49)17-6-4-3-5-7-17/h3-7,13-16,18-19,22-24,31-32,45-47H,8-12H2,1-2H3,(H,35,36,39,49)(H2,40,41,42,48,50)/t18-,19-,22-,23-,24+,31-,32-,34+/m1/s1. The molecule has 0 spiro atoms. The Morgan fingerprint density at radius 3 is 2.49 bits per heavy atom. The number of anilines is 2. The highest BCUT2D eigenvalue weighted by Crippen LogP contribution is 2.48. The summed E-state index contributed by atoms with van der Waals surface area (Å²) in [4.78, 5) is 61.5. The van der Waals surface area contributed by atoms with Crippen LogP contribution in [0.15, 0.2) is 54.1 Å². The summed E-state index contributed by atoms with van der Waals surface area (Å²) in [6, 6.07) is 8.49. The predicted molar refractivity (Wildman–Crippen MR) is 195 cm³/mol. The molecule has 22 nitrogen and oxygen atoms in total. The SMILES string of the molecule is CC(C)C(=O)Nc1nc2c(ncn2[C@@H]2O[C@H](CCS(=O)(=O)O[C@H]3[C@H]4OC[C@]3(CO)O[C@H]4n3cnc4c(NC(=O)c5ccccc5)ncnc43)[C@@H](CO)[C@H]2O)c(=O)[nH]1. The number of carbonyl (C=O) groups is 2. The number of aromatic nitrogens is 8. The summed E-state index contributed by atoms with van der Waals surface area (Å²) < 4.78 is 53.8. The molecule has 4 aromatic heterocycles. The molecule has 5 aromatic rings. The number of carbonyl (C=O) groups excluding carboxylic acids is 2. The highest BCUT2D eigenvalue weighted by atomic mass is 32.2. The van der Waals surface area contributed by atoms with Gasteiger partial charge >= 0.3 is 0 Å². The topological polar surface area (TPSA) is 297 Å². The quantitative estimate of drug-likeness (QED) is 0.0812. The Hall–Kier alpha value is -5.27. The molecule has 0 saturated carbocycles. The maximum atomic E-state index is 13.6. The van der Waals surface area contributed by atoms with Crippen LogP contribution in [0, 0.1) is 11.8 Å². The molecule has 8 atom stereocenters. The fourth-order valence-corrected chi connectivity index (χ4v) is 8.42. The number of aliphatic hydroxyl groups is 3. The Morgan fingerprint density at radius 2 is 1.77 bits per heavy atom. The molecule has 0 radical (unpaired) electrons. The fraction of sp³-hybridized carbons (Fsp3) is 0.471. The summed E-state index contributed by atoms with van der Waals surface area (Å²) >= 11 is 0. The molecule has 302 valence electrons. The lowest BCUT2D eigenvalue weighted by molar-refractivity contribution is -0.184. The summed E-state index contributed by atoms with van der Waals surface area (Å²) in [5, 5.41) is 37.1. The lowest BCUT2D eigenvalue weighted by atomic mass is 9.97. The number of aromatic amines is 1. The Bertz CT molecular complexity index is 2490. The monoisotopic (exact) mass is 810 g/mol. The fourth-order valence-electron chi connectivity index (χ4n) is 7.20. The highest BCUT2D eigenvalue weighted by molar-refractivity contribution is 7.86. The van der Waals surface area contributed by atoms with Crippen molar-refractivity contribution in [1.29, 1.82) is 0 Å². The second-order valence-corrected chi connectivity index (χ2v) is 15.9. The van der Waals surface area contributed by atoms with Crippen LogP contribution in [0.1, 0.15) is 43.1 Å². The van der Waals surface area contributed by atoms with E-state index in [9.17, 15) is 38.1 Å². The molecule has 8 rings (SSSR count). The molecule has 3 aliphatic heterocycles. The van der Waals surface area contributed by atoms with E-state index in [0.717, 1.165) is 0 Å². The summed E-state index contributed by atoms with van der Waals surface area (Å²) in [7, 11) is -4.42. The Balaban J connectivity index is 0.973. The third-order valence-electron chi connectivity index (χ3n) is 10.3. The van der Waals surface area contributed by atoms with Crippen LogP contribution >= 0.6 is 0 Å². The second-order valence-electron chi connectivity index (χ2n) is 14.2. The van der Waals surface area contributed by atoms with E-state index in [1.54, 1.807) is 44.2 Å². The number of aliphatic hydroxyl groups excluding tert-OH is 3. The number of benzene rings is 1. The van der Waals surface area contributed by atoms with Crippen molar-refractivity contribution in [2.45, 2.75) is 62.7 Å². The normalized spacial score (nSPS) is 27.2. The van der Waals surface area contributed by atoms with Gasteiger partial charge in [-0.1, -0.05) is 32.0 Å². The highest BCUT2D eigenvalue weighted by Gasteiger charge is 2.64. The van der Waals surface area contributed by atoms with Gasteiger partial charge in [-0.15, -0.1) is 0 Å². The van der Waals surface area contributed by atoms with Gasteiger partial charge in [-0.05, 0) is 18.6 Å². The van der Waals surface area contributed by atoms with Crippen LogP contribution in [0.4, 0.5) is 11.8 Å². The third kappa shape index (κ3) is 6.94. The van der Waals surface area contributed by atoms with Crippen molar-refractivity contribution in [2.24, 2.45) is 11.8 Å². The molecule has 1 aromatic carbocycles. The van der Waals surface area contributed by atoms with Crippen molar-refractivity contribution in [3.05, 3.63) is 65.2 Å². The zero-order valence-corrected chi connectivity index (χ0v) is 31.1. The van der Waals surface area contributed by atoms with Crippen LogP contribution in [0.3, 0.4) is 0 Å². The van der Waals surface area contributed by atoms with Gasteiger partial charge in [-0.25, -0.2) is 19.9 Å². The molecular formula is C34H38N10O12S. The van der Waals surface area contributed by atoms with Crippen molar-refractivity contribution in [3.8, 4) is 0 Å². The van der Waals surface area contributed by atoms with Crippen LogP contribution in [0.25, 0.3) is 22.3 Å². The summed E-state index contributed by atoms with van der Waals surface area (Å²) in [5.41, 5.74) is -1.54. The largest absolute Gasteiger partial charge is 0.396 e. The van der Waals surface area contributed by atoms with E-state index in [1.807, 2.05) is 0 Å². The molecule has 3 saturated heterocycles. The van der Waals surface area contributed by atoms with E-state index in [2.05, 4.69) is 40.5 Å². The average molecular weight is 811 g/mol. The van der Waals surface area contributed by atoms with Gasteiger partial charge in [0.15, 0.2) is 40.6 Å². The van der Waals surface area contributed by atoms with Gasteiger partial charge < -0.3 is 34.8 Å². The molecule has 57 heavy (non-hydrogen) atoms. The minimum Gasteiger partial charge on any atom is -0.396 e. The number of hydrogen-bond donors (Lipinski definition) is 6. The number of amides is 2. The van der Waals surface area contributed by atoms with Crippen molar-refractivity contribution in [1.82, 2.24) is 39.0 Å². The zero-order chi connectivity index (χ0) is 40.2. The van der Waals surface area contributed by atoms with Crippen LogP contribution < -0.4 is 16.2 Å². The minimum atomic E-state index is -4.42. The molecule has 0 aliphatic carbocycles. The van der Waals surface area contributed by atoms with Crippen LogP contribution in [0.2, 0.25) is 0 Å². The van der Waals surface area contributed by atoms with Gasteiger partial charge in [0, 0.05) is 17.4 Å². The molecule has 7 heterocycles. The molecule has 2 amide bonds. The lowest BCUT2D eigenvalue weighted by Crippen LogP contribution is -2.46. The van der Waals surface area contributed by atoms with E-state index in [-0.39, 0.29) is 47.1 Å². The van der Waals surface area contributed by atoms with Crippen molar-refractivity contribution in [3.63, 3.8) is 0 Å². The van der Waals surface area contributed by atoms with Crippen LogP contribution in [0.5, 0.6) is 0 Å². The van der Waals surface area contributed by atoms with E-state index in [1.165, 1.54) is 28.1 Å². The van der Waals surface area contributed by atoms with Gasteiger partial charge in [-0.3, -0.25) is 38.0 Å². The first-order valence-corrected chi connectivity index (χ1v) is 19.5. The second kappa shape index (κ2) is 14.9. The Morgan fingerprint density at radius 1 is 1.04 bits per heavy atom. The van der Waals surface area contributed by atoms with Gasteiger partial charge in [0.25, 0.3) is 21.6 Å². The molecule has 0 unspecified atom stereocenters. The molecule has 2 bridgehead atoms.